The Balaban J connectivity index is 2.97. The summed E-state index contributed by atoms with van der Waals surface area (Å²) in [7, 11) is 0. The number of hydrogen-bond donors (Lipinski definition) is 1. The van der Waals surface area contributed by atoms with E-state index in [1.54, 1.807) is 4.90 Å². The average Bonchev–Trinajstić information content (AvgIpc) is 2.27. The van der Waals surface area contributed by atoms with Crippen LogP contribution in [0.4, 0.5) is 19.0 Å². The number of anilines is 1. The maximum Gasteiger partial charge on any atom is 0.416 e. The molecule has 0 aliphatic carbocycles. The molecule has 0 fully saturated rings. The van der Waals surface area contributed by atoms with Crippen molar-refractivity contribution in [2.45, 2.75) is 20.0 Å². The van der Waals surface area contributed by atoms with Gasteiger partial charge < -0.3 is 10.6 Å². The van der Waals surface area contributed by atoms with Gasteiger partial charge in [0.2, 0.25) is 0 Å². The Kier molecular flexibility index (Phi) is 4.95. The van der Waals surface area contributed by atoms with Crippen LogP contribution in [-0.2, 0) is 6.18 Å². The highest BCUT2D eigenvalue weighted by molar-refractivity contribution is 5.41. The van der Waals surface area contributed by atoms with Gasteiger partial charge in [-0.05, 0) is 18.1 Å². The molecule has 102 valence electrons. The van der Waals surface area contributed by atoms with Gasteiger partial charge in [0.15, 0.2) is 0 Å². The van der Waals surface area contributed by atoms with Gasteiger partial charge in [-0.25, -0.2) is 4.98 Å². The van der Waals surface area contributed by atoms with Crippen LogP contribution in [0.5, 0.6) is 0 Å². The molecule has 0 radical (unpaired) electrons. The van der Waals surface area contributed by atoms with E-state index in [9.17, 15) is 13.2 Å². The summed E-state index contributed by atoms with van der Waals surface area (Å²) in [5.41, 5.74) is 4.79. The first kappa shape index (κ1) is 14.8. The molecular weight excluding hydrogens is 243 g/mol. The maximum atomic E-state index is 12.6. The number of nitrogens with two attached hydrogens (primary N) is 1. The van der Waals surface area contributed by atoms with E-state index in [4.69, 9.17) is 5.73 Å². The van der Waals surface area contributed by atoms with Crippen LogP contribution >= 0.6 is 0 Å². The number of pyridine rings is 1. The van der Waals surface area contributed by atoms with Gasteiger partial charge in [0.25, 0.3) is 0 Å². The maximum absolute atomic E-state index is 12.6. The fraction of sp³-hybridized carbons (Fsp3) is 0.583. The third kappa shape index (κ3) is 4.18. The van der Waals surface area contributed by atoms with Crippen molar-refractivity contribution in [2.75, 3.05) is 24.5 Å². The second-order valence-electron chi connectivity index (χ2n) is 4.53. The molecule has 18 heavy (non-hydrogen) atoms. The summed E-state index contributed by atoms with van der Waals surface area (Å²) in [6.45, 7) is 5.50. The fourth-order valence-electron chi connectivity index (χ4n) is 1.66. The van der Waals surface area contributed by atoms with E-state index in [2.05, 4.69) is 4.98 Å². The Labute approximate surface area is 105 Å². The number of nitrogens with zero attached hydrogens (tertiary/aromatic N) is 2. The summed E-state index contributed by atoms with van der Waals surface area (Å²) in [4.78, 5) is 5.77. The van der Waals surface area contributed by atoms with Gasteiger partial charge in [0, 0.05) is 25.8 Å². The number of alkyl halides is 3. The molecule has 1 rings (SSSR count). The molecule has 0 saturated carbocycles. The summed E-state index contributed by atoms with van der Waals surface area (Å²) in [5, 5.41) is 0. The first-order chi connectivity index (χ1) is 8.34. The second kappa shape index (κ2) is 6.04. The van der Waals surface area contributed by atoms with Crippen molar-refractivity contribution in [3.63, 3.8) is 0 Å². The van der Waals surface area contributed by atoms with Crippen molar-refractivity contribution in [2.24, 2.45) is 11.7 Å². The van der Waals surface area contributed by atoms with Crippen molar-refractivity contribution in [1.82, 2.24) is 4.98 Å². The zero-order valence-corrected chi connectivity index (χ0v) is 10.5. The number of aromatic nitrogens is 1. The largest absolute Gasteiger partial charge is 0.416 e. The lowest BCUT2D eigenvalue weighted by molar-refractivity contribution is -0.137. The molecule has 0 aliphatic rings. The van der Waals surface area contributed by atoms with Gasteiger partial charge in [-0.15, -0.1) is 0 Å². The first-order valence-corrected chi connectivity index (χ1v) is 5.83. The standard InChI is InChI=1S/C12H18F3N3/c1-9(2)8-18(6-4-16)11-7-10(3-5-17-11)12(13,14)15/h3,5,7,9H,4,6,8,16H2,1-2H3. The van der Waals surface area contributed by atoms with Crippen LogP contribution in [0.25, 0.3) is 0 Å². The highest BCUT2D eigenvalue weighted by Gasteiger charge is 2.31. The number of rotatable bonds is 5. The summed E-state index contributed by atoms with van der Waals surface area (Å²) >= 11 is 0. The van der Waals surface area contributed by atoms with Crippen LogP contribution in [0.2, 0.25) is 0 Å². The van der Waals surface area contributed by atoms with E-state index >= 15 is 0 Å². The number of hydrogen-bond acceptors (Lipinski definition) is 3. The average molecular weight is 261 g/mol. The molecule has 1 aromatic heterocycles. The van der Waals surface area contributed by atoms with Crippen molar-refractivity contribution in [1.29, 1.82) is 0 Å². The van der Waals surface area contributed by atoms with Gasteiger partial charge in [-0.2, -0.15) is 13.2 Å². The quantitative estimate of drug-likeness (QED) is 0.885. The van der Waals surface area contributed by atoms with Gasteiger partial charge in [-0.3, -0.25) is 0 Å². The van der Waals surface area contributed by atoms with Crippen molar-refractivity contribution < 1.29 is 13.2 Å². The Hall–Kier alpha value is -1.30. The molecular formula is C12H18F3N3. The molecule has 0 unspecified atom stereocenters. The SMILES string of the molecule is CC(C)CN(CCN)c1cc(C(F)(F)F)ccn1. The Morgan fingerprint density at radius 2 is 2.06 bits per heavy atom. The van der Waals surface area contributed by atoms with E-state index in [1.165, 1.54) is 6.20 Å². The lowest BCUT2D eigenvalue weighted by Crippen LogP contribution is -2.33. The third-order valence-electron chi connectivity index (χ3n) is 2.38. The smallest absolute Gasteiger partial charge is 0.355 e. The number of halogens is 3. The third-order valence-corrected chi connectivity index (χ3v) is 2.38. The van der Waals surface area contributed by atoms with Crippen LogP contribution < -0.4 is 10.6 Å². The van der Waals surface area contributed by atoms with Crippen LogP contribution in [0.3, 0.4) is 0 Å². The molecule has 1 heterocycles. The zero-order chi connectivity index (χ0) is 13.8. The zero-order valence-electron chi connectivity index (χ0n) is 10.5. The summed E-state index contributed by atoms with van der Waals surface area (Å²) in [6.07, 6.45) is -3.16. The van der Waals surface area contributed by atoms with E-state index in [0.717, 1.165) is 12.1 Å². The first-order valence-electron chi connectivity index (χ1n) is 5.83. The highest BCUT2D eigenvalue weighted by Crippen LogP contribution is 2.30. The van der Waals surface area contributed by atoms with Gasteiger partial charge in [-0.1, -0.05) is 13.8 Å². The van der Waals surface area contributed by atoms with E-state index in [0.29, 0.717) is 31.4 Å². The van der Waals surface area contributed by atoms with Gasteiger partial charge in [0.1, 0.15) is 5.82 Å². The van der Waals surface area contributed by atoms with Crippen LogP contribution in [-0.4, -0.2) is 24.6 Å². The van der Waals surface area contributed by atoms with Crippen LogP contribution in [0.15, 0.2) is 18.3 Å². The molecule has 2 N–H and O–H groups in total. The minimum Gasteiger partial charge on any atom is -0.355 e. The molecule has 1 aromatic rings. The molecule has 0 aliphatic heterocycles. The topological polar surface area (TPSA) is 42.1 Å². The summed E-state index contributed by atoms with van der Waals surface area (Å²) in [5.74, 6) is 0.650. The summed E-state index contributed by atoms with van der Waals surface area (Å²) in [6, 6.07) is 2.04. The monoisotopic (exact) mass is 261 g/mol. The highest BCUT2D eigenvalue weighted by atomic mass is 19.4. The van der Waals surface area contributed by atoms with Crippen molar-refractivity contribution in [3.8, 4) is 0 Å². The normalized spacial score (nSPS) is 11.9. The molecule has 0 amide bonds. The molecule has 0 aromatic carbocycles. The molecule has 6 heteroatoms. The minimum absolute atomic E-state index is 0.323. The van der Waals surface area contributed by atoms with E-state index < -0.39 is 11.7 Å². The predicted octanol–water partition coefficient (Wildman–Crippen LogP) is 2.52. The molecule has 0 bridgehead atoms. The van der Waals surface area contributed by atoms with E-state index in [1.807, 2.05) is 13.8 Å². The van der Waals surface area contributed by atoms with Crippen LogP contribution in [0.1, 0.15) is 19.4 Å². The van der Waals surface area contributed by atoms with Gasteiger partial charge >= 0.3 is 6.18 Å². The minimum atomic E-state index is -4.34. The molecule has 0 saturated heterocycles. The lowest BCUT2D eigenvalue weighted by Gasteiger charge is -2.25. The second-order valence-corrected chi connectivity index (χ2v) is 4.53. The summed E-state index contributed by atoms with van der Waals surface area (Å²) < 4.78 is 37.8. The van der Waals surface area contributed by atoms with E-state index in [-0.39, 0.29) is 0 Å². The molecule has 0 spiro atoms. The fourth-order valence-corrected chi connectivity index (χ4v) is 1.66. The Bertz CT molecular complexity index is 377. The predicted molar refractivity (Wildman–Crippen MR) is 65.3 cm³/mol. The molecule has 3 nitrogen and oxygen atoms in total. The molecule has 0 atom stereocenters. The van der Waals surface area contributed by atoms with Crippen LogP contribution in [0, 0.1) is 5.92 Å². The van der Waals surface area contributed by atoms with Gasteiger partial charge in [0.05, 0.1) is 5.56 Å². The Morgan fingerprint density at radius 3 is 2.56 bits per heavy atom. The Morgan fingerprint density at radius 1 is 1.39 bits per heavy atom. The lowest BCUT2D eigenvalue weighted by atomic mass is 10.2. The van der Waals surface area contributed by atoms with Crippen molar-refractivity contribution >= 4 is 5.82 Å². The van der Waals surface area contributed by atoms with Crippen molar-refractivity contribution in [3.05, 3.63) is 23.9 Å².